The molecule has 0 saturated carbocycles. The van der Waals surface area contributed by atoms with Gasteiger partial charge in [-0.15, -0.1) is 0 Å². The maximum absolute atomic E-state index is 4.96. The molecule has 0 radical (unpaired) electrons. The van der Waals surface area contributed by atoms with Gasteiger partial charge in [0.05, 0.1) is 5.69 Å². The molecule has 4 nitrogen and oxygen atoms in total. The van der Waals surface area contributed by atoms with Gasteiger partial charge in [0, 0.05) is 16.8 Å². The van der Waals surface area contributed by atoms with Crippen molar-refractivity contribution in [3.8, 4) is 22.6 Å². The molecule has 0 aliphatic carbocycles. The standard InChI is InChI=1S/C14H12N4S/c1-9-11(13-16-14(19)18-17-13)7-8-12(15-9)10-5-3-2-4-6-10/h2-8H,1H3,(H2,16,17,18,19). The molecule has 0 saturated heterocycles. The summed E-state index contributed by atoms with van der Waals surface area (Å²) in [6.07, 6.45) is 0. The second kappa shape index (κ2) is 4.78. The molecule has 0 bridgehead atoms. The van der Waals surface area contributed by atoms with Gasteiger partial charge in [0.2, 0.25) is 4.77 Å². The Balaban J connectivity index is 2.06. The van der Waals surface area contributed by atoms with Crippen molar-refractivity contribution in [1.29, 1.82) is 0 Å². The fraction of sp³-hybridized carbons (Fsp3) is 0.0714. The van der Waals surface area contributed by atoms with Gasteiger partial charge in [-0.2, -0.15) is 4.98 Å². The van der Waals surface area contributed by atoms with E-state index in [0.717, 1.165) is 28.3 Å². The second-order valence-corrected chi connectivity index (χ2v) is 4.60. The number of pyridine rings is 1. The van der Waals surface area contributed by atoms with E-state index < -0.39 is 0 Å². The fourth-order valence-corrected chi connectivity index (χ4v) is 2.12. The highest BCUT2D eigenvalue weighted by atomic mass is 32.1. The quantitative estimate of drug-likeness (QED) is 0.699. The SMILES string of the molecule is Cc1nc(-c2ccccc2)ccc1-c1nc(=S)[nH][nH]1. The Morgan fingerprint density at radius 2 is 1.74 bits per heavy atom. The third kappa shape index (κ3) is 2.32. The first-order valence-electron chi connectivity index (χ1n) is 5.92. The lowest BCUT2D eigenvalue weighted by atomic mass is 10.1. The number of aryl methyl sites for hydroxylation is 1. The summed E-state index contributed by atoms with van der Waals surface area (Å²) >= 11 is 4.96. The van der Waals surface area contributed by atoms with E-state index in [1.807, 2.05) is 49.4 Å². The lowest BCUT2D eigenvalue weighted by Crippen LogP contribution is -1.92. The molecule has 0 aliphatic heterocycles. The van der Waals surface area contributed by atoms with Crippen molar-refractivity contribution in [2.75, 3.05) is 0 Å². The number of hydrogen-bond donors (Lipinski definition) is 2. The van der Waals surface area contributed by atoms with Crippen molar-refractivity contribution in [3.05, 3.63) is 52.9 Å². The van der Waals surface area contributed by atoms with Crippen LogP contribution in [-0.2, 0) is 0 Å². The van der Waals surface area contributed by atoms with Crippen molar-refractivity contribution in [2.45, 2.75) is 6.92 Å². The number of aromatic nitrogens is 4. The Hall–Kier alpha value is -2.27. The summed E-state index contributed by atoms with van der Waals surface area (Å²) in [5.41, 5.74) is 3.93. The first kappa shape index (κ1) is 11.8. The Labute approximate surface area is 115 Å². The minimum absolute atomic E-state index is 0.446. The van der Waals surface area contributed by atoms with E-state index >= 15 is 0 Å². The average molecular weight is 268 g/mol. The van der Waals surface area contributed by atoms with E-state index in [1.165, 1.54) is 0 Å². The molecule has 2 heterocycles. The van der Waals surface area contributed by atoms with Crippen LogP contribution in [0.3, 0.4) is 0 Å². The molecule has 2 N–H and O–H groups in total. The molecule has 0 atom stereocenters. The molecule has 1 aromatic carbocycles. The van der Waals surface area contributed by atoms with Crippen molar-refractivity contribution in [3.63, 3.8) is 0 Å². The average Bonchev–Trinajstić information content (AvgIpc) is 2.86. The molecule has 3 rings (SSSR count). The number of benzene rings is 1. The molecule has 0 spiro atoms. The largest absolute Gasteiger partial charge is 0.282 e. The van der Waals surface area contributed by atoms with E-state index in [-0.39, 0.29) is 0 Å². The van der Waals surface area contributed by atoms with Gasteiger partial charge in [-0.1, -0.05) is 30.3 Å². The summed E-state index contributed by atoms with van der Waals surface area (Å²) in [7, 11) is 0. The number of rotatable bonds is 2. The van der Waals surface area contributed by atoms with E-state index in [0.29, 0.717) is 4.77 Å². The fourth-order valence-electron chi connectivity index (χ4n) is 1.98. The predicted molar refractivity (Wildman–Crippen MR) is 77.2 cm³/mol. The number of hydrogen-bond acceptors (Lipinski definition) is 3. The van der Waals surface area contributed by atoms with E-state index in [4.69, 9.17) is 12.2 Å². The van der Waals surface area contributed by atoms with Crippen LogP contribution in [0.25, 0.3) is 22.6 Å². The highest BCUT2D eigenvalue weighted by Crippen LogP contribution is 2.23. The van der Waals surface area contributed by atoms with Gasteiger partial charge >= 0.3 is 0 Å². The van der Waals surface area contributed by atoms with Gasteiger partial charge in [-0.3, -0.25) is 15.2 Å². The topological polar surface area (TPSA) is 57.4 Å². The molecule has 0 unspecified atom stereocenters. The molecule has 0 amide bonds. The van der Waals surface area contributed by atoms with Crippen molar-refractivity contribution in [1.82, 2.24) is 20.2 Å². The molecule has 0 fully saturated rings. The molecule has 2 aromatic heterocycles. The lowest BCUT2D eigenvalue weighted by Gasteiger charge is -2.05. The number of aromatic amines is 2. The lowest BCUT2D eigenvalue weighted by molar-refractivity contribution is 1.08. The Bertz CT molecular complexity index is 758. The zero-order valence-corrected chi connectivity index (χ0v) is 11.2. The normalized spacial score (nSPS) is 10.6. The first-order chi connectivity index (χ1) is 9.24. The van der Waals surface area contributed by atoms with Gasteiger partial charge in [-0.05, 0) is 31.3 Å². The molecule has 19 heavy (non-hydrogen) atoms. The summed E-state index contributed by atoms with van der Waals surface area (Å²) in [5, 5.41) is 5.73. The molecule has 5 heteroatoms. The minimum Gasteiger partial charge on any atom is -0.282 e. The number of nitrogens with zero attached hydrogens (tertiary/aromatic N) is 2. The van der Waals surface area contributed by atoms with E-state index in [2.05, 4.69) is 20.2 Å². The highest BCUT2D eigenvalue weighted by Gasteiger charge is 2.08. The van der Waals surface area contributed by atoms with Crippen LogP contribution in [0.2, 0.25) is 0 Å². The van der Waals surface area contributed by atoms with Gasteiger partial charge in [-0.25, -0.2) is 0 Å². The van der Waals surface area contributed by atoms with Gasteiger partial charge in [0.15, 0.2) is 5.82 Å². The summed E-state index contributed by atoms with van der Waals surface area (Å²) in [5.74, 6) is 0.717. The maximum atomic E-state index is 4.96. The van der Waals surface area contributed by atoms with Gasteiger partial charge in [0.1, 0.15) is 0 Å². The number of nitrogens with one attached hydrogen (secondary N) is 2. The first-order valence-corrected chi connectivity index (χ1v) is 6.33. The summed E-state index contributed by atoms with van der Waals surface area (Å²) in [6.45, 7) is 1.97. The third-order valence-electron chi connectivity index (χ3n) is 2.91. The van der Waals surface area contributed by atoms with Crippen LogP contribution in [0.1, 0.15) is 5.69 Å². The molecular formula is C14H12N4S. The third-order valence-corrected chi connectivity index (χ3v) is 3.11. The summed E-state index contributed by atoms with van der Waals surface area (Å²) in [4.78, 5) is 8.83. The van der Waals surface area contributed by atoms with Gasteiger partial charge < -0.3 is 0 Å². The minimum atomic E-state index is 0.446. The van der Waals surface area contributed by atoms with Crippen LogP contribution in [0.4, 0.5) is 0 Å². The predicted octanol–water partition coefficient (Wildman–Crippen LogP) is 3.50. The zero-order valence-electron chi connectivity index (χ0n) is 10.3. The Morgan fingerprint density at radius 3 is 2.37 bits per heavy atom. The van der Waals surface area contributed by atoms with Crippen molar-refractivity contribution in [2.24, 2.45) is 0 Å². The van der Waals surface area contributed by atoms with Crippen LogP contribution in [0.15, 0.2) is 42.5 Å². The number of H-pyrrole nitrogens is 2. The Kier molecular flexibility index (Phi) is 2.97. The van der Waals surface area contributed by atoms with Crippen LogP contribution >= 0.6 is 12.2 Å². The van der Waals surface area contributed by atoms with Gasteiger partial charge in [0.25, 0.3) is 0 Å². The highest BCUT2D eigenvalue weighted by molar-refractivity contribution is 7.71. The second-order valence-electron chi connectivity index (χ2n) is 4.21. The van der Waals surface area contributed by atoms with E-state index in [9.17, 15) is 0 Å². The molecule has 94 valence electrons. The maximum Gasteiger partial charge on any atom is 0.213 e. The van der Waals surface area contributed by atoms with Crippen molar-refractivity contribution >= 4 is 12.2 Å². The van der Waals surface area contributed by atoms with Crippen LogP contribution < -0.4 is 0 Å². The molecular weight excluding hydrogens is 256 g/mol. The van der Waals surface area contributed by atoms with Crippen LogP contribution in [0.5, 0.6) is 0 Å². The summed E-state index contributed by atoms with van der Waals surface area (Å²) in [6, 6.07) is 14.1. The van der Waals surface area contributed by atoms with Crippen molar-refractivity contribution < 1.29 is 0 Å². The van der Waals surface area contributed by atoms with Crippen LogP contribution in [0, 0.1) is 11.7 Å². The molecule has 3 aromatic rings. The Morgan fingerprint density at radius 1 is 0.947 bits per heavy atom. The molecule has 0 aliphatic rings. The summed E-state index contributed by atoms with van der Waals surface area (Å²) < 4.78 is 0.446. The van der Waals surface area contributed by atoms with Crippen LogP contribution in [-0.4, -0.2) is 20.2 Å². The smallest absolute Gasteiger partial charge is 0.213 e. The van der Waals surface area contributed by atoms with E-state index in [1.54, 1.807) is 0 Å². The zero-order chi connectivity index (χ0) is 13.2. The monoisotopic (exact) mass is 268 g/mol.